The Hall–Kier alpha value is -1.43. The summed E-state index contributed by atoms with van der Waals surface area (Å²) in [5, 5.41) is 2.40. The zero-order valence-corrected chi connectivity index (χ0v) is 12.4. The van der Waals surface area contributed by atoms with Gasteiger partial charge in [0, 0.05) is 19.1 Å². The summed E-state index contributed by atoms with van der Waals surface area (Å²) < 4.78 is 5.50. The Kier molecular flexibility index (Phi) is 3.73. The van der Waals surface area contributed by atoms with E-state index in [0.717, 1.165) is 25.7 Å². The number of hydrogen-bond acceptors (Lipinski definition) is 4. The second-order valence-corrected chi connectivity index (χ2v) is 6.44. The molecule has 3 rings (SSSR count). The van der Waals surface area contributed by atoms with Gasteiger partial charge in [-0.3, -0.25) is 19.8 Å². The second-order valence-electron chi connectivity index (χ2n) is 6.44. The predicted octanol–water partition coefficient (Wildman–Crippen LogP) is 1.44. The van der Waals surface area contributed by atoms with Gasteiger partial charge in [0.15, 0.2) is 0 Å². The lowest BCUT2D eigenvalue weighted by Crippen LogP contribution is -2.65. The van der Waals surface area contributed by atoms with Crippen LogP contribution in [0.5, 0.6) is 0 Å². The zero-order valence-electron chi connectivity index (χ0n) is 12.4. The molecule has 1 spiro atoms. The molecule has 1 aliphatic carbocycles. The lowest BCUT2D eigenvalue weighted by molar-refractivity contribution is -0.154. The summed E-state index contributed by atoms with van der Waals surface area (Å²) in [5.41, 5.74) is -1.01. The SMILES string of the molecule is CC1OCCC1CN1C(=O)NC(=O)C2(CCCCC2)C1=O. The molecular formula is C15H22N2O4. The van der Waals surface area contributed by atoms with Crippen LogP contribution in [0.25, 0.3) is 0 Å². The van der Waals surface area contributed by atoms with Crippen molar-refractivity contribution < 1.29 is 19.1 Å². The van der Waals surface area contributed by atoms with Crippen molar-refractivity contribution in [3.63, 3.8) is 0 Å². The van der Waals surface area contributed by atoms with Crippen molar-refractivity contribution in [1.29, 1.82) is 0 Å². The fraction of sp³-hybridized carbons (Fsp3) is 0.800. The fourth-order valence-electron chi connectivity index (χ4n) is 3.74. The third-order valence-electron chi connectivity index (χ3n) is 5.21. The van der Waals surface area contributed by atoms with Crippen LogP contribution in [0, 0.1) is 11.3 Å². The van der Waals surface area contributed by atoms with E-state index in [2.05, 4.69) is 5.32 Å². The monoisotopic (exact) mass is 294 g/mol. The summed E-state index contributed by atoms with van der Waals surface area (Å²) >= 11 is 0. The number of barbiturate groups is 1. The molecule has 3 fully saturated rings. The predicted molar refractivity (Wildman–Crippen MR) is 74.3 cm³/mol. The summed E-state index contributed by atoms with van der Waals surface area (Å²) in [4.78, 5) is 38.4. The average molecular weight is 294 g/mol. The van der Waals surface area contributed by atoms with Gasteiger partial charge in [-0.05, 0) is 26.2 Å². The van der Waals surface area contributed by atoms with Crippen LogP contribution in [0.2, 0.25) is 0 Å². The fourth-order valence-corrected chi connectivity index (χ4v) is 3.74. The number of amides is 4. The number of nitrogens with one attached hydrogen (secondary N) is 1. The van der Waals surface area contributed by atoms with Gasteiger partial charge in [-0.25, -0.2) is 4.79 Å². The first kappa shape index (κ1) is 14.5. The topological polar surface area (TPSA) is 75.7 Å². The van der Waals surface area contributed by atoms with Crippen LogP contribution in [0.15, 0.2) is 0 Å². The number of hydrogen-bond donors (Lipinski definition) is 1. The minimum absolute atomic E-state index is 0.0468. The summed E-state index contributed by atoms with van der Waals surface area (Å²) in [7, 11) is 0. The number of carbonyl (C=O) groups is 3. The summed E-state index contributed by atoms with van der Waals surface area (Å²) in [6.07, 6.45) is 4.78. The van der Waals surface area contributed by atoms with Crippen LogP contribution in [0.3, 0.4) is 0 Å². The van der Waals surface area contributed by atoms with Gasteiger partial charge < -0.3 is 4.74 Å². The Morgan fingerprint density at radius 2 is 1.95 bits per heavy atom. The van der Waals surface area contributed by atoms with Gasteiger partial charge >= 0.3 is 6.03 Å². The maximum atomic E-state index is 12.8. The van der Waals surface area contributed by atoms with Crippen molar-refractivity contribution in [2.75, 3.05) is 13.2 Å². The second kappa shape index (κ2) is 5.40. The van der Waals surface area contributed by atoms with E-state index in [9.17, 15) is 14.4 Å². The lowest BCUT2D eigenvalue weighted by atomic mass is 9.71. The Morgan fingerprint density at radius 1 is 1.24 bits per heavy atom. The van der Waals surface area contributed by atoms with E-state index < -0.39 is 17.4 Å². The van der Waals surface area contributed by atoms with Crippen LogP contribution in [0.4, 0.5) is 4.79 Å². The van der Waals surface area contributed by atoms with Crippen LogP contribution in [0.1, 0.15) is 45.4 Å². The van der Waals surface area contributed by atoms with Gasteiger partial charge in [-0.1, -0.05) is 19.3 Å². The highest BCUT2D eigenvalue weighted by Gasteiger charge is 2.54. The van der Waals surface area contributed by atoms with E-state index in [4.69, 9.17) is 4.74 Å². The molecule has 0 aromatic heterocycles. The number of imide groups is 2. The molecule has 6 nitrogen and oxygen atoms in total. The smallest absolute Gasteiger partial charge is 0.330 e. The Labute approximate surface area is 124 Å². The summed E-state index contributed by atoms with van der Waals surface area (Å²) in [6.45, 7) is 2.98. The first-order valence-corrected chi connectivity index (χ1v) is 7.83. The molecule has 116 valence electrons. The van der Waals surface area contributed by atoms with Crippen LogP contribution >= 0.6 is 0 Å². The molecule has 0 aromatic carbocycles. The average Bonchev–Trinajstić information content (AvgIpc) is 2.88. The van der Waals surface area contributed by atoms with Crippen molar-refractivity contribution >= 4 is 17.8 Å². The molecule has 0 bridgehead atoms. The van der Waals surface area contributed by atoms with Gasteiger partial charge in [0.1, 0.15) is 5.41 Å². The third-order valence-corrected chi connectivity index (χ3v) is 5.21. The summed E-state index contributed by atoms with van der Waals surface area (Å²) in [6, 6.07) is -0.569. The number of nitrogens with zero attached hydrogens (tertiary/aromatic N) is 1. The van der Waals surface area contributed by atoms with E-state index in [1.807, 2.05) is 6.92 Å². The molecule has 2 heterocycles. The van der Waals surface area contributed by atoms with E-state index in [-0.39, 0.29) is 17.9 Å². The Bertz CT molecular complexity index is 470. The first-order valence-electron chi connectivity index (χ1n) is 7.83. The number of ether oxygens (including phenoxy) is 1. The van der Waals surface area contributed by atoms with Gasteiger partial charge in [0.25, 0.3) is 0 Å². The zero-order chi connectivity index (χ0) is 15.0. The molecule has 2 saturated heterocycles. The van der Waals surface area contributed by atoms with Crippen molar-refractivity contribution in [2.24, 2.45) is 11.3 Å². The number of urea groups is 1. The minimum Gasteiger partial charge on any atom is -0.378 e. The molecule has 3 aliphatic rings. The first-order chi connectivity index (χ1) is 10.0. The van der Waals surface area contributed by atoms with Gasteiger partial charge in [-0.2, -0.15) is 0 Å². The largest absolute Gasteiger partial charge is 0.378 e. The highest BCUT2D eigenvalue weighted by atomic mass is 16.5. The molecule has 0 aromatic rings. The van der Waals surface area contributed by atoms with Crippen molar-refractivity contribution in [3.8, 4) is 0 Å². The molecular weight excluding hydrogens is 272 g/mol. The van der Waals surface area contributed by atoms with Crippen molar-refractivity contribution in [1.82, 2.24) is 10.2 Å². The number of carbonyl (C=O) groups excluding carboxylic acids is 3. The third kappa shape index (κ3) is 2.35. The van der Waals surface area contributed by atoms with Crippen molar-refractivity contribution in [3.05, 3.63) is 0 Å². The van der Waals surface area contributed by atoms with E-state index in [0.29, 0.717) is 26.0 Å². The molecule has 1 saturated carbocycles. The minimum atomic E-state index is -1.01. The lowest BCUT2D eigenvalue weighted by Gasteiger charge is -2.42. The summed E-state index contributed by atoms with van der Waals surface area (Å²) in [5.74, 6) is -0.534. The quantitative estimate of drug-likeness (QED) is 0.782. The maximum Gasteiger partial charge on any atom is 0.330 e. The molecule has 1 N–H and O–H groups in total. The Morgan fingerprint density at radius 3 is 2.57 bits per heavy atom. The highest BCUT2D eigenvalue weighted by molar-refractivity contribution is 6.19. The molecule has 21 heavy (non-hydrogen) atoms. The van der Waals surface area contributed by atoms with Crippen LogP contribution in [-0.4, -0.2) is 42.0 Å². The normalized spacial score (nSPS) is 32.6. The molecule has 2 aliphatic heterocycles. The van der Waals surface area contributed by atoms with Gasteiger partial charge in [0.2, 0.25) is 11.8 Å². The van der Waals surface area contributed by atoms with Crippen LogP contribution < -0.4 is 5.32 Å². The van der Waals surface area contributed by atoms with Crippen molar-refractivity contribution in [2.45, 2.75) is 51.6 Å². The molecule has 2 atom stereocenters. The van der Waals surface area contributed by atoms with Gasteiger partial charge in [0.05, 0.1) is 6.10 Å². The maximum absolute atomic E-state index is 12.8. The molecule has 2 unspecified atom stereocenters. The highest BCUT2D eigenvalue weighted by Crippen LogP contribution is 2.40. The van der Waals surface area contributed by atoms with Crippen LogP contribution in [-0.2, 0) is 14.3 Å². The van der Waals surface area contributed by atoms with Gasteiger partial charge in [-0.15, -0.1) is 0 Å². The Balaban J connectivity index is 1.81. The van der Waals surface area contributed by atoms with E-state index in [1.165, 1.54) is 4.90 Å². The molecule has 0 radical (unpaired) electrons. The standard InChI is InChI=1S/C15H22N2O4/c1-10-11(5-8-21-10)9-17-13(19)15(6-3-2-4-7-15)12(18)16-14(17)20/h10-11H,2-9H2,1H3,(H,16,18,20). The number of rotatable bonds is 2. The molecule has 4 amide bonds. The molecule has 6 heteroatoms. The van der Waals surface area contributed by atoms with E-state index >= 15 is 0 Å². The van der Waals surface area contributed by atoms with E-state index in [1.54, 1.807) is 0 Å².